The van der Waals surface area contributed by atoms with Gasteiger partial charge in [-0.05, 0) is 42.7 Å². The van der Waals surface area contributed by atoms with E-state index < -0.39 is 59.0 Å². The van der Waals surface area contributed by atoms with Gasteiger partial charge in [-0.15, -0.1) is 0 Å². The Bertz CT molecular complexity index is 1200. The number of benzene rings is 1. The smallest absolute Gasteiger partial charge is 0.433 e. The molecule has 1 aromatic heterocycles. The fourth-order valence-electron chi connectivity index (χ4n) is 4.99. The zero-order valence-electron chi connectivity index (χ0n) is 21.5. The van der Waals surface area contributed by atoms with Gasteiger partial charge >= 0.3 is 12.1 Å². The molecule has 208 valence electrons. The van der Waals surface area contributed by atoms with E-state index >= 15 is 0 Å². The average Bonchev–Trinajstić information content (AvgIpc) is 3.22. The van der Waals surface area contributed by atoms with Crippen LogP contribution in [0.5, 0.6) is 0 Å². The maximum Gasteiger partial charge on any atom is 0.433 e. The van der Waals surface area contributed by atoms with Crippen LogP contribution < -0.4 is 0 Å². The molecule has 3 atom stereocenters. The largest absolute Gasteiger partial charge is 0.481 e. The monoisotopic (exact) mass is 575 g/mol. The number of aromatic nitrogens is 2. The number of carboxylic acids is 1. The van der Waals surface area contributed by atoms with E-state index in [0.29, 0.717) is 0 Å². The molecule has 1 amide bonds. The molecular weight excluding hydrogens is 546 g/mol. The molecule has 1 heterocycles. The van der Waals surface area contributed by atoms with Gasteiger partial charge in [-0.25, -0.2) is 0 Å². The highest BCUT2D eigenvalue weighted by Crippen LogP contribution is 2.41. The number of hydrogen-bond donors (Lipinski definition) is 1. The van der Waals surface area contributed by atoms with Crippen molar-refractivity contribution in [2.75, 3.05) is 13.1 Å². The van der Waals surface area contributed by atoms with E-state index in [2.05, 4.69) is 5.10 Å². The van der Waals surface area contributed by atoms with E-state index in [0.717, 1.165) is 15.8 Å². The minimum Gasteiger partial charge on any atom is -0.481 e. The molecule has 0 spiro atoms. The predicted molar refractivity (Wildman–Crippen MR) is 137 cm³/mol. The third-order valence-corrected chi connectivity index (χ3v) is 7.26. The molecule has 2 aromatic rings. The number of Topliss-reactive ketones (excluding diaryl/α,β-unsaturated/α-hetero) is 1. The summed E-state index contributed by atoms with van der Waals surface area (Å²) in [5.41, 5.74) is -2.46. The molecule has 7 nitrogen and oxygen atoms in total. The lowest BCUT2D eigenvalue weighted by Gasteiger charge is -2.33. The Morgan fingerprint density at radius 1 is 1.13 bits per heavy atom. The van der Waals surface area contributed by atoms with Gasteiger partial charge < -0.3 is 10.0 Å². The first-order valence-corrected chi connectivity index (χ1v) is 12.9. The minimum absolute atomic E-state index is 0.0153. The summed E-state index contributed by atoms with van der Waals surface area (Å²) in [7, 11) is 0. The third kappa shape index (κ3) is 6.69. The van der Waals surface area contributed by atoms with Crippen LogP contribution in [0.4, 0.5) is 13.2 Å². The van der Waals surface area contributed by atoms with Crippen LogP contribution in [0, 0.1) is 17.3 Å². The first-order chi connectivity index (χ1) is 17.5. The van der Waals surface area contributed by atoms with Crippen molar-refractivity contribution in [3.63, 3.8) is 0 Å². The van der Waals surface area contributed by atoms with Gasteiger partial charge in [0.25, 0.3) is 5.91 Å². The van der Waals surface area contributed by atoms with E-state index in [1.807, 2.05) is 0 Å². The number of carboxylic acid groups (broad SMARTS) is 1. The van der Waals surface area contributed by atoms with Crippen molar-refractivity contribution < 1.29 is 32.7 Å². The van der Waals surface area contributed by atoms with E-state index in [1.165, 1.54) is 12.1 Å². The van der Waals surface area contributed by atoms with Gasteiger partial charge in [0.05, 0.1) is 45.9 Å². The van der Waals surface area contributed by atoms with Crippen LogP contribution >= 0.6 is 23.2 Å². The topological polar surface area (TPSA) is 92.5 Å². The molecule has 1 saturated carbocycles. The Labute approximate surface area is 228 Å². The lowest BCUT2D eigenvalue weighted by molar-refractivity contribution is -0.149. The van der Waals surface area contributed by atoms with Crippen molar-refractivity contribution in [3.8, 4) is 0 Å². The minimum atomic E-state index is -4.92. The van der Waals surface area contributed by atoms with Crippen molar-refractivity contribution in [1.82, 2.24) is 14.7 Å². The molecule has 0 radical (unpaired) electrons. The van der Waals surface area contributed by atoms with Gasteiger partial charge in [-0.3, -0.25) is 19.1 Å². The number of carbonyl (C=O) groups is 3. The van der Waals surface area contributed by atoms with Crippen molar-refractivity contribution >= 4 is 40.9 Å². The molecule has 0 aliphatic heterocycles. The zero-order chi connectivity index (χ0) is 28.6. The van der Waals surface area contributed by atoms with Crippen molar-refractivity contribution in [2.45, 2.75) is 59.2 Å². The zero-order valence-corrected chi connectivity index (χ0v) is 23.0. The molecule has 3 rings (SSSR count). The summed E-state index contributed by atoms with van der Waals surface area (Å²) in [5.74, 6) is -3.61. The quantitative estimate of drug-likeness (QED) is 0.373. The number of nitrogens with zero attached hydrogens (tertiary/aromatic N) is 3. The van der Waals surface area contributed by atoms with Gasteiger partial charge in [-0.2, -0.15) is 18.3 Å². The molecular formula is C26H30Cl2F3N3O4. The summed E-state index contributed by atoms with van der Waals surface area (Å²) in [4.78, 5) is 39.2. The Hall–Kier alpha value is -2.59. The lowest BCUT2D eigenvalue weighted by Crippen LogP contribution is -2.42. The number of aliphatic carboxylic acids is 1. The summed E-state index contributed by atoms with van der Waals surface area (Å²) in [5, 5.41) is 13.5. The van der Waals surface area contributed by atoms with Crippen LogP contribution in [0.2, 0.25) is 10.0 Å². The van der Waals surface area contributed by atoms with Crippen LogP contribution in [0.1, 0.15) is 79.4 Å². The first-order valence-electron chi connectivity index (χ1n) is 12.1. The molecule has 12 heteroatoms. The van der Waals surface area contributed by atoms with Crippen LogP contribution in [-0.2, 0) is 11.0 Å². The van der Waals surface area contributed by atoms with E-state index in [-0.39, 0.29) is 47.3 Å². The van der Waals surface area contributed by atoms with Gasteiger partial charge in [0.15, 0.2) is 11.5 Å². The number of ketones is 1. The normalized spacial score (nSPS) is 20.3. The molecule has 0 saturated heterocycles. The van der Waals surface area contributed by atoms with Crippen LogP contribution in [0.15, 0.2) is 24.4 Å². The molecule has 1 fully saturated rings. The van der Waals surface area contributed by atoms with Crippen LogP contribution in [0.3, 0.4) is 0 Å². The summed E-state index contributed by atoms with van der Waals surface area (Å²) in [6.45, 7) is 6.49. The number of halogens is 5. The molecule has 0 bridgehead atoms. The Balaban J connectivity index is 1.99. The molecule has 1 N–H and O–H groups in total. The lowest BCUT2D eigenvalue weighted by atomic mass is 9.78. The third-order valence-electron chi connectivity index (χ3n) is 6.63. The predicted octanol–water partition coefficient (Wildman–Crippen LogP) is 6.64. The standard InChI is InChI=1S/C26H30Cl2F3N3O4/c1-14-10-15(8-9-16(14)24(37)38)34-22(26(29,30)31)17(11-32-34)23(36)33(13-25(2,3)4)12-20(35)21-18(27)6-5-7-19(21)28/h5-7,11,14-16H,8-10,12-13H2,1-4H3,(H,37,38)/t14-,15+,16+/m1/s1. The molecule has 0 unspecified atom stereocenters. The highest BCUT2D eigenvalue weighted by Gasteiger charge is 2.44. The number of alkyl halides is 3. The molecule has 1 aliphatic carbocycles. The fraction of sp³-hybridized carbons (Fsp3) is 0.538. The SMILES string of the molecule is C[C@@H]1C[C@@H](n2ncc(C(=O)N(CC(=O)c3c(Cl)cccc3Cl)CC(C)(C)C)c2C(F)(F)F)CC[C@@H]1C(=O)O. The summed E-state index contributed by atoms with van der Waals surface area (Å²) >= 11 is 12.3. The maximum absolute atomic E-state index is 14.4. The van der Waals surface area contributed by atoms with Crippen molar-refractivity contribution in [2.24, 2.45) is 17.3 Å². The number of rotatable bonds is 7. The second-order valence-electron chi connectivity index (χ2n) is 11.0. The second kappa shape index (κ2) is 11.3. The van der Waals surface area contributed by atoms with E-state index in [9.17, 15) is 32.7 Å². The van der Waals surface area contributed by atoms with Gasteiger partial charge in [0.1, 0.15) is 0 Å². The number of hydrogen-bond acceptors (Lipinski definition) is 4. The van der Waals surface area contributed by atoms with E-state index in [4.69, 9.17) is 23.2 Å². The van der Waals surface area contributed by atoms with E-state index in [1.54, 1.807) is 33.8 Å². The summed E-state index contributed by atoms with van der Waals surface area (Å²) in [6.07, 6.45) is -3.50. The maximum atomic E-state index is 14.4. The molecule has 38 heavy (non-hydrogen) atoms. The Kier molecular flexibility index (Phi) is 8.88. The number of carbonyl (C=O) groups excluding carboxylic acids is 2. The molecule has 1 aliphatic rings. The summed E-state index contributed by atoms with van der Waals surface area (Å²) < 4.78 is 43.9. The van der Waals surface area contributed by atoms with Crippen LogP contribution in [0.25, 0.3) is 0 Å². The highest BCUT2D eigenvalue weighted by atomic mass is 35.5. The van der Waals surface area contributed by atoms with Gasteiger partial charge in [0, 0.05) is 6.54 Å². The van der Waals surface area contributed by atoms with Gasteiger partial charge in [0.2, 0.25) is 0 Å². The van der Waals surface area contributed by atoms with Crippen molar-refractivity contribution in [3.05, 3.63) is 51.3 Å². The average molecular weight is 576 g/mol. The highest BCUT2D eigenvalue weighted by molar-refractivity contribution is 6.40. The first kappa shape index (κ1) is 30.0. The Morgan fingerprint density at radius 3 is 2.24 bits per heavy atom. The summed E-state index contributed by atoms with van der Waals surface area (Å²) in [6, 6.07) is 3.75. The van der Waals surface area contributed by atoms with Gasteiger partial charge in [-0.1, -0.05) is 57.0 Å². The fourth-order valence-corrected chi connectivity index (χ4v) is 5.60. The van der Waals surface area contributed by atoms with Crippen LogP contribution in [-0.4, -0.2) is 50.5 Å². The van der Waals surface area contributed by atoms with Crippen molar-refractivity contribution in [1.29, 1.82) is 0 Å². The number of amides is 1. The Morgan fingerprint density at radius 2 is 1.74 bits per heavy atom. The second-order valence-corrected chi connectivity index (χ2v) is 11.8. The molecule has 1 aromatic carbocycles.